The molecule has 1 aliphatic carbocycles. The monoisotopic (exact) mass is 259 g/mol. The third-order valence-electron chi connectivity index (χ3n) is 5.23. The van der Waals surface area contributed by atoms with Crippen LogP contribution in [0.15, 0.2) is 18.2 Å². The Kier molecular flexibility index (Phi) is 4.06. The van der Waals surface area contributed by atoms with Gasteiger partial charge in [0.05, 0.1) is 0 Å². The Morgan fingerprint density at radius 3 is 2.53 bits per heavy atom. The van der Waals surface area contributed by atoms with Crippen molar-refractivity contribution in [3.05, 3.63) is 34.9 Å². The summed E-state index contributed by atoms with van der Waals surface area (Å²) in [6, 6.07) is 6.62. The van der Waals surface area contributed by atoms with E-state index >= 15 is 0 Å². The number of hydrogen-bond acceptors (Lipinski definition) is 1. The van der Waals surface area contributed by atoms with Crippen molar-refractivity contribution < 1.29 is 0 Å². The molecule has 0 saturated heterocycles. The molecule has 0 aromatic heterocycles. The predicted octanol–water partition coefficient (Wildman–Crippen LogP) is 4.55. The van der Waals surface area contributed by atoms with E-state index in [1.165, 1.54) is 29.5 Å². The molecule has 19 heavy (non-hydrogen) atoms. The van der Waals surface area contributed by atoms with Gasteiger partial charge >= 0.3 is 0 Å². The van der Waals surface area contributed by atoms with Crippen molar-refractivity contribution in [3.63, 3.8) is 0 Å². The van der Waals surface area contributed by atoms with Gasteiger partial charge in [-0.25, -0.2) is 0 Å². The highest BCUT2D eigenvalue weighted by Gasteiger charge is 2.43. The van der Waals surface area contributed by atoms with Gasteiger partial charge in [0.2, 0.25) is 0 Å². The number of rotatable bonds is 2. The number of nitrogens with two attached hydrogens (primary N) is 1. The minimum Gasteiger partial charge on any atom is -0.321 e. The summed E-state index contributed by atoms with van der Waals surface area (Å²) in [4.78, 5) is 0. The summed E-state index contributed by atoms with van der Waals surface area (Å²) in [5.41, 5.74) is 11.0. The SMILES string of the molecule is Cc1cccc(C2(N)CC(C)CCC2C(C)C)c1C. The maximum Gasteiger partial charge on any atom is 0.0445 e. The number of benzene rings is 1. The summed E-state index contributed by atoms with van der Waals surface area (Å²) in [7, 11) is 0. The third-order valence-corrected chi connectivity index (χ3v) is 5.23. The van der Waals surface area contributed by atoms with Crippen LogP contribution in [0.25, 0.3) is 0 Å². The average Bonchev–Trinajstić information content (AvgIpc) is 2.31. The highest BCUT2D eigenvalue weighted by molar-refractivity contribution is 5.39. The minimum absolute atomic E-state index is 0.137. The molecule has 106 valence electrons. The Bertz CT molecular complexity index is 449. The van der Waals surface area contributed by atoms with Crippen molar-refractivity contribution in [1.82, 2.24) is 0 Å². The number of hydrogen-bond donors (Lipinski definition) is 1. The molecule has 0 amide bonds. The van der Waals surface area contributed by atoms with Gasteiger partial charge in [0, 0.05) is 5.54 Å². The highest BCUT2D eigenvalue weighted by Crippen LogP contribution is 2.46. The second kappa shape index (κ2) is 5.28. The lowest BCUT2D eigenvalue weighted by molar-refractivity contribution is 0.108. The summed E-state index contributed by atoms with van der Waals surface area (Å²) in [6.45, 7) is 11.4. The van der Waals surface area contributed by atoms with Gasteiger partial charge in [-0.15, -0.1) is 0 Å². The van der Waals surface area contributed by atoms with Crippen LogP contribution < -0.4 is 5.73 Å². The van der Waals surface area contributed by atoms with Crippen LogP contribution in [0.4, 0.5) is 0 Å². The smallest absolute Gasteiger partial charge is 0.0445 e. The molecule has 1 aromatic carbocycles. The lowest BCUT2D eigenvalue weighted by Crippen LogP contribution is -2.50. The Balaban J connectivity index is 2.49. The van der Waals surface area contributed by atoms with E-state index in [9.17, 15) is 0 Å². The van der Waals surface area contributed by atoms with Crippen LogP contribution in [0.3, 0.4) is 0 Å². The molecule has 1 saturated carbocycles. The second-order valence-corrected chi connectivity index (χ2v) is 7.02. The van der Waals surface area contributed by atoms with Crippen molar-refractivity contribution in [2.24, 2.45) is 23.5 Å². The molecule has 0 bridgehead atoms. The molecular formula is C18H29N. The van der Waals surface area contributed by atoms with Gasteiger partial charge in [-0.2, -0.15) is 0 Å². The molecule has 1 aromatic rings. The number of aryl methyl sites for hydroxylation is 1. The summed E-state index contributed by atoms with van der Waals surface area (Å²) in [6.07, 6.45) is 3.72. The van der Waals surface area contributed by atoms with E-state index in [0.29, 0.717) is 11.8 Å². The maximum atomic E-state index is 6.99. The molecule has 1 aliphatic rings. The Morgan fingerprint density at radius 1 is 1.21 bits per heavy atom. The first kappa shape index (κ1) is 14.6. The van der Waals surface area contributed by atoms with Gasteiger partial charge in [-0.1, -0.05) is 45.4 Å². The first-order valence-electron chi connectivity index (χ1n) is 7.72. The first-order chi connectivity index (χ1) is 8.86. The van der Waals surface area contributed by atoms with E-state index in [1.54, 1.807) is 0 Å². The minimum atomic E-state index is -0.137. The van der Waals surface area contributed by atoms with Gasteiger partial charge in [0.25, 0.3) is 0 Å². The molecule has 1 heteroatoms. The summed E-state index contributed by atoms with van der Waals surface area (Å²) >= 11 is 0. The lowest BCUT2D eigenvalue weighted by atomic mass is 9.62. The normalized spacial score (nSPS) is 31.7. The fraction of sp³-hybridized carbons (Fsp3) is 0.667. The highest BCUT2D eigenvalue weighted by atomic mass is 14.8. The van der Waals surface area contributed by atoms with Crippen LogP contribution in [0.5, 0.6) is 0 Å². The molecule has 3 unspecified atom stereocenters. The lowest BCUT2D eigenvalue weighted by Gasteiger charge is -2.47. The Morgan fingerprint density at radius 2 is 1.89 bits per heavy atom. The van der Waals surface area contributed by atoms with E-state index in [2.05, 4.69) is 52.8 Å². The maximum absolute atomic E-state index is 6.99. The van der Waals surface area contributed by atoms with Crippen LogP contribution in [0.1, 0.15) is 56.7 Å². The third kappa shape index (κ3) is 2.58. The van der Waals surface area contributed by atoms with Crippen molar-refractivity contribution in [3.8, 4) is 0 Å². The van der Waals surface area contributed by atoms with Gasteiger partial charge < -0.3 is 5.73 Å². The zero-order valence-corrected chi connectivity index (χ0v) is 13.2. The molecule has 2 N–H and O–H groups in total. The van der Waals surface area contributed by atoms with Gasteiger partial charge in [0.1, 0.15) is 0 Å². The van der Waals surface area contributed by atoms with Crippen molar-refractivity contribution in [1.29, 1.82) is 0 Å². The topological polar surface area (TPSA) is 26.0 Å². The molecule has 0 heterocycles. The average molecular weight is 259 g/mol. The molecule has 1 nitrogen and oxygen atoms in total. The molecule has 1 fully saturated rings. The molecule has 0 spiro atoms. The van der Waals surface area contributed by atoms with E-state index in [0.717, 1.165) is 12.3 Å². The van der Waals surface area contributed by atoms with Crippen LogP contribution in [0.2, 0.25) is 0 Å². The second-order valence-electron chi connectivity index (χ2n) is 7.02. The van der Waals surface area contributed by atoms with E-state index in [-0.39, 0.29) is 5.54 Å². The summed E-state index contributed by atoms with van der Waals surface area (Å²) < 4.78 is 0. The van der Waals surface area contributed by atoms with Crippen molar-refractivity contribution >= 4 is 0 Å². The van der Waals surface area contributed by atoms with Crippen LogP contribution in [0, 0.1) is 31.6 Å². The van der Waals surface area contributed by atoms with Gasteiger partial charge in [-0.05, 0) is 61.1 Å². The van der Waals surface area contributed by atoms with Crippen molar-refractivity contribution in [2.45, 2.75) is 59.4 Å². The molecule has 0 radical (unpaired) electrons. The molecule has 0 aliphatic heterocycles. The van der Waals surface area contributed by atoms with E-state index in [1.807, 2.05) is 0 Å². The van der Waals surface area contributed by atoms with Crippen LogP contribution in [-0.2, 0) is 5.54 Å². The Labute approximate surface area is 118 Å². The zero-order chi connectivity index (χ0) is 14.2. The zero-order valence-electron chi connectivity index (χ0n) is 13.2. The fourth-order valence-electron chi connectivity index (χ4n) is 4.04. The van der Waals surface area contributed by atoms with Gasteiger partial charge in [-0.3, -0.25) is 0 Å². The molecular weight excluding hydrogens is 230 g/mol. The summed E-state index contributed by atoms with van der Waals surface area (Å²) in [5.74, 6) is 1.99. The van der Waals surface area contributed by atoms with Crippen molar-refractivity contribution in [2.75, 3.05) is 0 Å². The first-order valence-corrected chi connectivity index (χ1v) is 7.72. The Hall–Kier alpha value is -0.820. The van der Waals surface area contributed by atoms with Crippen LogP contribution in [-0.4, -0.2) is 0 Å². The predicted molar refractivity (Wildman–Crippen MR) is 83.1 cm³/mol. The molecule has 2 rings (SSSR count). The largest absolute Gasteiger partial charge is 0.321 e. The van der Waals surface area contributed by atoms with E-state index in [4.69, 9.17) is 5.73 Å². The molecule has 3 atom stereocenters. The van der Waals surface area contributed by atoms with Crippen LogP contribution >= 0.6 is 0 Å². The standard InChI is InChI=1S/C18H29N/c1-12(2)16-10-9-13(3)11-18(16,19)17-8-6-7-14(4)15(17)5/h6-8,12-13,16H,9-11,19H2,1-5H3. The fourth-order valence-corrected chi connectivity index (χ4v) is 4.04. The summed E-state index contributed by atoms with van der Waals surface area (Å²) in [5, 5.41) is 0. The quantitative estimate of drug-likeness (QED) is 0.828. The van der Waals surface area contributed by atoms with E-state index < -0.39 is 0 Å². The van der Waals surface area contributed by atoms with Gasteiger partial charge in [0.15, 0.2) is 0 Å².